The first-order valence-corrected chi connectivity index (χ1v) is 6.27. The number of furan rings is 1. The van der Waals surface area contributed by atoms with Crippen LogP contribution in [0.25, 0.3) is 0 Å². The molecule has 0 aliphatic rings. The van der Waals surface area contributed by atoms with Crippen LogP contribution >= 0.6 is 0 Å². The molecule has 0 fully saturated rings. The number of rotatable bonds is 6. The van der Waals surface area contributed by atoms with Crippen LogP contribution in [-0.2, 0) is 6.42 Å². The average molecular weight is 277 g/mol. The molecule has 1 aromatic heterocycles. The number of hydrogen-bond donors (Lipinski definition) is 1. The minimum Gasteiger partial charge on any atom is -0.496 e. The van der Waals surface area contributed by atoms with Gasteiger partial charge in [-0.1, -0.05) is 0 Å². The highest BCUT2D eigenvalue weighted by atomic mass is 16.5. The molecule has 0 amide bonds. The van der Waals surface area contributed by atoms with Crippen LogP contribution in [0.4, 0.5) is 0 Å². The van der Waals surface area contributed by atoms with Crippen molar-refractivity contribution in [3.05, 3.63) is 41.9 Å². The van der Waals surface area contributed by atoms with E-state index >= 15 is 0 Å². The Morgan fingerprint density at radius 3 is 2.25 bits per heavy atom. The number of methoxy groups -OCH3 is 3. The number of benzene rings is 1. The van der Waals surface area contributed by atoms with E-state index in [1.54, 1.807) is 33.7 Å². The molecule has 0 aliphatic carbocycles. The fourth-order valence-electron chi connectivity index (χ4n) is 2.10. The molecule has 20 heavy (non-hydrogen) atoms. The summed E-state index contributed by atoms with van der Waals surface area (Å²) in [5.74, 6) is 2.73. The first kappa shape index (κ1) is 14.3. The highest BCUT2D eigenvalue weighted by Crippen LogP contribution is 2.37. The molecule has 108 valence electrons. The Hall–Kier alpha value is -2.14. The average Bonchev–Trinajstić information content (AvgIpc) is 2.98. The van der Waals surface area contributed by atoms with Crippen molar-refractivity contribution in [3.8, 4) is 17.2 Å². The predicted molar refractivity (Wildman–Crippen MR) is 75.4 cm³/mol. The Labute approximate surface area is 118 Å². The molecular formula is C15H19NO4. The van der Waals surface area contributed by atoms with Crippen molar-refractivity contribution < 1.29 is 18.6 Å². The summed E-state index contributed by atoms with van der Waals surface area (Å²) in [6.07, 6.45) is 2.22. The van der Waals surface area contributed by atoms with Crippen molar-refractivity contribution in [1.29, 1.82) is 0 Å². The third-order valence-electron chi connectivity index (χ3n) is 3.14. The van der Waals surface area contributed by atoms with Gasteiger partial charge in [-0.05, 0) is 18.2 Å². The predicted octanol–water partition coefficient (Wildman–Crippen LogP) is 2.55. The maximum absolute atomic E-state index is 6.24. The van der Waals surface area contributed by atoms with E-state index in [-0.39, 0.29) is 6.04 Å². The van der Waals surface area contributed by atoms with E-state index < -0.39 is 0 Å². The summed E-state index contributed by atoms with van der Waals surface area (Å²) in [4.78, 5) is 0. The third kappa shape index (κ3) is 2.88. The van der Waals surface area contributed by atoms with Gasteiger partial charge in [0.15, 0.2) is 11.5 Å². The van der Waals surface area contributed by atoms with Gasteiger partial charge in [-0.2, -0.15) is 0 Å². The molecule has 5 nitrogen and oxygen atoms in total. The molecule has 1 heterocycles. The highest BCUT2D eigenvalue weighted by Gasteiger charge is 2.18. The highest BCUT2D eigenvalue weighted by molar-refractivity contribution is 5.51. The van der Waals surface area contributed by atoms with Gasteiger partial charge in [0, 0.05) is 24.1 Å². The van der Waals surface area contributed by atoms with Gasteiger partial charge < -0.3 is 24.4 Å². The second-order valence-corrected chi connectivity index (χ2v) is 4.34. The minimum absolute atomic E-state index is 0.254. The van der Waals surface area contributed by atoms with Crippen LogP contribution in [0.1, 0.15) is 17.4 Å². The Morgan fingerprint density at radius 2 is 1.70 bits per heavy atom. The zero-order valence-corrected chi connectivity index (χ0v) is 11.9. The van der Waals surface area contributed by atoms with Crippen molar-refractivity contribution in [2.24, 2.45) is 5.73 Å². The molecule has 0 saturated heterocycles. The zero-order chi connectivity index (χ0) is 14.5. The maximum atomic E-state index is 6.24. The van der Waals surface area contributed by atoms with Gasteiger partial charge >= 0.3 is 0 Å². The van der Waals surface area contributed by atoms with Gasteiger partial charge in [0.2, 0.25) is 0 Å². The van der Waals surface area contributed by atoms with E-state index in [0.29, 0.717) is 23.7 Å². The number of nitrogens with two attached hydrogens (primary N) is 1. The van der Waals surface area contributed by atoms with Gasteiger partial charge in [-0.15, -0.1) is 0 Å². The lowest BCUT2D eigenvalue weighted by Gasteiger charge is -2.18. The van der Waals surface area contributed by atoms with E-state index in [0.717, 1.165) is 11.3 Å². The molecule has 0 saturated carbocycles. The molecule has 2 N–H and O–H groups in total. The van der Waals surface area contributed by atoms with Crippen molar-refractivity contribution in [1.82, 2.24) is 0 Å². The van der Waals surface area contributed by atoms with Crippen LogP contribution < -0.4 is 19.9 Å². The Bertz CT molecular complexity index is 551. The van der Waals surface area contributed by atoms with E-state index in [9.17, 15) is 0 Å². The lowest BCUT2D eigenvalue weighted by molar-refractivity contribution is 0.346. The molecule has 2 rings (SSSR count). The molecule has 5 heteroatoms. The van der Waals surface area contributed by atoms with Crippen LogP contribution in [-0.4, -0.2) is 21.3 Å². The third-order valence-corrected chi connectivity index (χ3v) is 3.14. The second kappa shape index (κ2) is 6.34. The largest absolute Gasteiger partial charge is 0.496 e. The minimum atomic E-state index is -0.254. The van der Waals surface area contributed by atoms with Crippen LogP contribution in [0.15, 0.2) is 34.9 Å². The summed E-state index contributed by atoms with van der Waals surface area (Å²) in [5.41, 5.74) is 7.09. The summed E-state index contributed by atoms with van der Waals surface area (Å²) in [5, 5.41) is 0. The van der Waals surface area contributed by atoms with Gasteiger partial charge in [0.1, 0.15) is 11.5 Å². The SMILES string of the molecule is COc1cc(OC)c(C(N)Cc2ccco2)cc1OC. The monoisotopic (exact) mass is 277 g/mol. The fraction of sp³-hybridized carbons (Fsp3) is 0.333. The summed E-state index contributed by atoms with van der Waals surface area (Å²) in [6.45, 7) is 0. The van der Waals surface area contributed by atoms with E-state index in [1.165, 1.54) is 0 Å². The molecule has 1 aromatic carbocycles. The summed E-state index contributed by atoms with van der Waals surface area (Å²) >= 11 is 0. The van der Waals surface area contributed by atoms with Crippen molar-refractivity contribution in [2.45, 2.75) is 12.5 Å². The van der Waals surface area contributed by atoms with Gasteiger partial charge in [-0.3, -0.25) is 0 Å². The molecule has 0 spiro atoms. The molecular weight excluding hydrogens is 258 g/mol. The molecule has 1 atom stereocenters. The standard InChI is InChI=1S/C15H19NO4/c1-17-13-9-15(19-3)14(18-2)8-11(13)12(16)7-10-5-4-6-20-10/h4-6,8-9,12H,7,16H2,1-3H3. The molecule has 0 bridgehead atoms. The first-order chi connectivity index (χ1) is 9.69. The molecule has 0 aliphatic heterocycles. The summed E-state index contributed by atoms with van der Waals surface area (Å²) in [7, 11) is 4.77. The zero-order valence-electron chi connectivity index (χ0n) is 11.9. The number of hydrogen-bond acceptors (Lipinski definition) is 5. The quantitative estimate of drug-likeness (QED) is 0.879. The van der Waals surface area contributed by atoms with Crippen molar-refractivity contribution in [2.75, 3.05) is 21.3 Å². The van der Waals surface area contributed by atoms with Gasteiger partial charge in [-0.25, -0.2) is 0 Å². The normalized spacial score (nSPS) is 12.0. The first-order valence-electron chi connectivity index (χ1n) is 6.27. The van der Waals surface area contributed by atoms with Crippen molar-refractivity contribution in [3.63, 3.8) is 0 Å². The Balaban J connectivity index is 2.33. The van der Waals surface area contributed by atoms with Gasteiger partial charge in [0.05, 0.1) is 27.6 Å². The maximum Gasteiger partial charge on any atom is 0.164 e. The summed E-state index contributed by atoms with van der Waals surface area (Å²) < 4.78 is 21.3. The Morgan fingerprint density at radius 1 is 1.05 bits per heavy atom. The lowest BCUT2D eigenvalue weighted by atomic mass is 10.0. The van der Waals surface area contributed by atoms with Crippen LogP contribution in [0.5, 0.6) is 17.2 Å². The van der Waals surface area contributed by atoms with E-state index in [1.807, 2.05) is 18.2 Å². The fourth-order valence-corrected chi connectivity index (χ4v) is 2.10. The van der Waals surface area contributed by atoms with Crippen LogP contribution in [0.3, 0.4) is 0 Å². The summed E-state index contributed by atoms with van der Waals surface area (Å²) in [6, 6.07) is 7.10. The molecule has 0 radical (unpaired) electrons. The Kier molecular flexibility index (Phi) is 4.53. The van der Waals surface area contributed by atoms with Gasteiger partial charge in [0.25, 0.3) is 0 Å². The van der Waals surface area contributed by atoms with E-state index in [2.05, 4.69) is 0 Å². The van der Waals surface area contributed by atoms with Crippen LogP contribution in [0.2, 0.25) is 0 Å². The van der Waals surface area contributed by atoms with E-state index in [4.69, 9.17) is 24.4 Å². The number of ether oxygens (including phenoxy) is 3. The molecule has 2 aromatic rings. The van der Waals surface area contributed by atoms with Crippen LogP contribution in [0, 0.1) is 0 Å². The topological polar surface area (TPSA) is 66.9 Å². The second-order valence-electron chi connectivity index (χ2n) is 4.34. The molecule has 1 unspecified atom stereocenters. The smallest absolute Gasteiger partial charge is 0.164 e. The lowest BCUT2D eigenvalue weighted by Crippen LogP contribution is -2.14. The van der Waals surface area contributed by atoms with Crippen molar-refractivity contribution >= 4 is 0 Å².